The molecule has 10 radical (unpaired) electrons. The number of amides is 4. The third-order valence-corrected chi connectivity index (χ3v) is 3.54. The van der Waals surface area contributed by atoms with Crippen molar-refractivity contribution in [3.05, 3.63) is 87.2 Å². The zero-order valence-electron chi connectivity index (χ0n) is 14.0. The number of nitrogens with one attached hydrogen (secondary N) is 4. The van der Waals surface area contributed by atoms with Gasteiger partial charge in [0.1, 0.15) is 0 Å². The Hall–Kier alpha value is -2.77. The van der Waals surface area contributed by atoms with Gasteiger partial charge in [0.2, 0.25) is 0 Å². The highest BCUT2D eigenvalue weighted by atomic mass is 16.4. The van der Waals surface area contributed by atoms with E-state index in [1.807, 2.05) is 0 Å². The van der Waals surface area contributed by atoms with Gasteiger partial charge in [-0.2, -0.15) is 0 Å². The topological polar surface area (TPSA) is 120 Å². The van der Waals surface area contributed by atoms with E-state index in [-0.39, 0.29) is 16.9 Å². The van der Waals surface area contributed by atoms with Gasteiger partial charge in [0.15, 0.2) is 0 Å². The van der Waals surface area contributed by atoms with Gasteiger partial charge in [0.25, 0.3) is 0 Å². The second kappa shape index (κ2) is 8.75. The first-order valence-corrected chi connectivity index (χ1v) is 7.97. The number of hydrogen-bond acceptors (Lipinski definition) is 3. The molecule has 1 aromatic carbocycles. The number of urea groups is 2. The number of benzene rings is 1. The first-order valence-electron chi connectivity index (χ1n) is 7.97. The second-order valence-corrected chi connectivity index (χ2v) is 5.61. The van der Waals surface area contributed by atoms with Crippen molar-refractivity contribution in [1.29, 1.82) is 0 Å². The molecule has 27 heavy (non-hydrogen) atoms. The molecule has 1 aromatic rings. The molecule has 8 nitrogen and oxygen atoms in total. The quantitative estimate of drug-likeness (QED) is 0.551. The molecule has 0 atom stereocenters. The maximum atomic E-state index is 12.0. The second-order valence-electron chi connectivity index (χ2n) is 5.61. The maximum absolute atomic E-state index is 12.0. The summed E-state index contributed by atoms with van der Waals surface area (Å²) >= 11 is 0. The summed E-state index contributed by atoms with van der Waals surface area (Å²) in [5.41, 5.74) is 0.370. The lowest BCUT2D eigenvalue weighted by molar-refractivity contribution is 0.0697. The minimum atomic E-state index is -1.19. The molecule has 2 aliphatic rings. The van der Waals surface area contributed by atoms with Gasteiger partial charge in [-0.3, -0.25) is 0 Å². The summed E-state index contributed by atoms with van der Waals surface area (Å²) in [7, 11) is 0. The zero-order valence-corrected chi connectivity index (χ0v) is 14.0. The van der Waals surface area contributed by atoms with Gasteiger partial charge in [-0.1, -0.05) is 0 Å². The van der Waals surface area contributed by atoms with Crippen LogP contribution in [-0.4, -0.2) is 23.1 Å². The Morgan fingerprint density at radius 1 is 0.630 bits per heavy atom. The molecule has 0 heterocycles. The predicted octanol–water partition coefficient (Wildman–Crippen LogP) is 2.35. The number of rotatable bonds is 5. The summed E-state index contributed by atoms with van der Waals surface area (Å²) in [6.07, 6.45) is 14.0. The number of carbonyl (C=O) groups excluding carboxylic acids is 2. The van der Waals surface area contributed by atoms with E-state index >= 15 is 0 Å². The van der Waals surface area contributed by atoms with E-state index in [0.717, 1.165) is 0 Å². The monoisotopic (exact) mass is 364 g/mol. The van der Waals surface area contributed by atoms with E-state index in [4.69, 9.17) is 0 Å². The Kier molecular flexibility index (Phi) is 6.16. The number of carboxylic acids is 1. The molecular formula is C19H16N4O4. The first-order chi connectivity index (χ1) is 13.0. The third kappa shape index (κ3) is 5.60. The van der Waals surface area contributed by atoms with Crippen LogP contribution in [0.2, 0.25) is 0 Å². The first kappa shape index (κ1) is 19.0. The SMILES string of the molecule is O=C(N[C]1[CH][CH][CH][CH]1)Nc1cc(NC(=O)N[C]2[CH][CH][CH][CH]2)cc(C(=O)O)c1. The zero-order chi connectivity index (χ0) is 19.2. The summed E-state index contributed by atoms with van der Waals surface area (Å²) in [5.74, 6) is -1.19. The highest BCUT2D eigenvalue weighted by Gasteiger charge is 2.21. The Balaban J connectivity index is 1.65. The van der Waals surface area contributed by atoms with Crippen molar-refractivity contribution < 1.29 is 19.5 Å². The van der Waals surface area contributed by atoms with Crippen LogP contribution in [0, 0.1) is 63.5 Å². The minimum Gasteiger partial charge on any atom is -0.478 e. The van der Waals surface area contributed by atoms with Crippen LogP contribution < -0.4 is 21.3 Å². The van der Waals surface area contributed by atoms with Crippen molar-refractivity contribution in [2.75, 3.05) is 10.6 Å². The van der Waals surface area contributed by atoms with Crippen LogP contribution in [0.25, 0.3) is 0 Å². The van der Waals surface area contributed by atoms with Gasteiger partial charge in [0.05, 0.1) is 17.6 Å². The Bertz CT molecular complexity index is 659. The van der Waals surface area contributed by atoms with E-state index in [9.17, 15) is 19.5 Å². The molecule has 2 fully saturated rings. The highest BCUT2D eigenvalue weighted by molar-refractivity contribution is 5.98. The normalized spacial score (nSPS) is 17.5. The van der Waals surface area contributed by atoms with Gasteiger partial charge in [-0.05, 0) is 69.6 Å². The Morgan fingerprint density at radius 2 is 1.04 bits per heavy atom. The molecule has 0 aliphatic heterocycles. The average molecular weight is 364 g/mol. The van der Waals surface area contributed by atoms with Crippen LogP contribution in [0.1, 0.15) is 10.4 Å². The molecule has 136 valence electrons. The molecule has 0 spiro atoms. The summed E-state index contributed by atoms with van der Waals surface area (Å²) in [4.78, 5) is 35.4. The predicted molar refractivity (Wildman–Crippen MR) is 98.6 cm³/mol. The number of anilines is 2. The van der Waals surface area contributed by atoms with Gasteiger partial charge in [-0.15, -0.1) is 0 Å². The van der Waals surface area contributed by atoms with Gasteiger partial charge in [-0.25, -0.2) is 14.4 Å². The van der Waals surface area contributed by atoms with Gasteiger partial charge < -0.3 is 26.4 Å². The molecule has 4 amide bonds. The van der Waals surface area contributed by atoms with E-state index in [2.05, 4.69) is 21.3 Å². The van der Waals surface area contributed by atoms with E-state index in [0.29, 0.717) is 12.1 Å². The third-order valence-electron chi connectivity index (χ3n) is 3.54. The summed E-state index contributed by atoms with van der Waals surface area (Å²) < 4.78 is 0. The highest BCUT2D eigenvalue weighted by Crippen LogP contribution is 2.23. The van der Waals surface area contributed by atoms with Crippen molar-refractivity contribution in [3.63, 3.8) is 0 Å². The Morgan fingerprint density at radius 3 is 1.41 bits per heavy atom. The number of aromatic carboxylic acids is 1. The van der Waals surface area contributed by atoms with Crippen LogP contribution in [0.3, 0.4) is 0 Å². The maximum Gasteiger partial charge on any atom is 0.335 e. The summed E-state index contributed by atoms with van der Waals surface area (Å²) in [5, 5.41) is 19.6. The molecule has 5 N–H and O–H groups in total. The van der Waals surface area contributed by atoms with E-state index < -0.39 is 18.0 Å². The molecule has 0 unspecified atom stereocenters. The molecular weight excluding hydrogens is 348 g/mol. The molecule has 2 aliphatic carbocycles. The standard InChI is InChI=1S/C19H16N4O4/c24-17(25)12-9-15(22-18(26)20-13-5-1-2-6-13)11-16(10-12)23-19(27)21-14-7-3-4-8-14/h1-11H,(H,24,25)(H2,20,22,26)(H2,21,23,27). The summed E-state index contributed by atoms with van der Waals surface area (Å²) in [6.45, 7) is 0. The smallest absolute Gasteiger partial charge is 0.335 e. The van der Waals surface area contributed by atoms with Crippen LogP contribution in [0.5, 0.6) is 0 Å². The molecule has 0 aromatic heterocycles. The molecule has 2 saturated carbocycles. The Labute approximate surface area is 158 Å². The van der Waals surface area contributed by atoms with Crippen LogP contribution >= 0.6 is 0 Å². The lowest BCUT2D eigenvalue weighted by atomic mass is 10.1. The fourth-order valence-electron chi connectivity index (χ4n) is 2.40. The van der Waals surface area contributed by atoms with Gasteiger partial charge >= 0.3 is 18.0 Å². The lowest BCUT2D eigenvalue weighted by Gasteiger charge is -2.15. The molecule has 8 heteroatoms. The van der Waals surface area contributed by atoms with Crippen molar-refractivity contribution in [3.8, 4) is 0 Å². The fourth-order valence-corrected chi connectivity index (χ4v) is 2.40. The van der Waals surface area contributed by atoms with Crippen LogP contribution in [-0.2, 0) is 0 Å². The van der Waals surface area contributed by atoms with Crippen LogP contribution in [0.15, 0.2) is 18.2 Å². The number of carboxylic acid groups (broad SMARTS) is 1. The van der Waals surface area contributed by atoms with Crippen molar-refractivity contribution in [2.24, 2.45) is 0 Å². The number of hydrogen-bond donors (Lipinski definition) is 5. The molecule has 0 saturated heterocycles. The molecule has 3 rings (SSSR count). The van der Waals surface area contributed by atoms with E-state index in [1.54, 1.807) is 51.4 Å². The minimum absolute atomic E-state index is 0.0790. The lowest BCUT2D eigenvalue weighted by Crippen LogP contribution is -2.32. The fraction of sp³-hybridized carbons (Fsp3) is 0. The summed E-state index contributed by atoms with van der Waals surface area (Å²) in [6, 6.07) is 4.21. The van der Waals surface area contributed by atoms with E-state index in [1.165, 1.54) is 18.2 Å². The van der Waals surface area contributed by atoms with Crippen molar-refractivity contribution in [1.82, 2.24) is 10.6 Å². The number of carbonyl (C=O) groups is 3. The van der Waals surface area contributed by atoms with Crippen molar-refractivity contribution in [2.45, 2.75) is 0 Å². The average Bonchev–Trinajstić information content (AvgIpc) is 3.28. The largest absolute Gasteiger partial charge is 0.478 e. The molecule has 0 bridgehead atoms. The van der Waals surface area contributed by atoms with Crippen LogP contribution in [0.4, 0.5) is 21.0 Å². The van der Waals surface area contributed by atoms with Crippen molar-refractivity contribution >= 4 is 29.4 Å². The van der Waals surface area contributed by atoms with Gasteiger partial charge in [0, 0.05) is 11.4 Å².